The molecule has 0 radical (unpaired) electrons. The minimum atomic E-state index is -0.500. The van der Waals surface area contributed by atoms with Crippen molar-refractivity contribution >= 4 is 17.8 Å². The van der Waals surface area contributed by atoms with Crippen molar-refractivity contribution in [3.05, 3.63) is 12.3 Å². The largest absolute Gasteiger partial charge is 0.466 e. The second-order valence-corrected chi connectivity index (χ2v) is 3.41. The Morgan fingerprint density at radius 1 is 1.56 bits per heavy atom. The molecule has 1 N–H and O–H groups in total. The quantitative estimate of drug-likeness (QED) is 0.395. The van der Waals surface area contributed by atoms with Gasteiger partial charge in [0, 0.05) is 25.7 Å². The number of imide groups is 1. The van der Waals surface area contributed by atoms with Gasteiger partial charge in [0.25, 0.3) is 5.91 Å². The van der Waals surface area contributed by atoms with Crippen LogP contribution in [-0.4, -0.2) is 42.9 Å². The maximum absolute atomic E-state index is 11.6. The fraction of sp³-hybridized carbons (Fsp3) is 0.500. The highest BCUT2D eigenvalue weighted by Gasteiger charge is 2.30. The van der Waals surface area contributed by atoms with Crippen LogP contribution >= 0.6 is 0 Å². The Bertz CT molecular complexity index is 338. The van der Waals surface area contributed by atoms with Gasteiger partial charge in [-0.15, -0.1) is 0 Å². The number of amides is 2. The molecule has 1 unspecified atom stereocenters. The van der Waals surface area contributed by atoms with Crippen LogP contribution in [0, 0.1) is 0 Å². The normalized spacial score (nSPS) is 21.4. The standard InChI is InChI=1S/C10H14N2O4/c1-12-8(13)4-3-7(10(12)15)11-6-5-9(14)16-2/h5-7,11H,3-4H2,1-2H3/b6-5+. The van der Waals surface area contributed by atoms with Crippen LogP contribution in [0.15, 0.2) is 12.3 Å². The lowest BCUT2D eigenvalue weighted by molar-refractivity contribution is -0.147. The third-order valence-electron chi connectivity index (χ3n) is 2.37. The Balaban J connectivity index is 2.50. The minimum absolute atomic E-state index is 0.181. The Morgan fingerprint density at radius 3 is 2.88 bits per heavy atom. The van der Waals surface area contributed by atoms with Crippen LogP contribution in [-0.2, 0) is 19.1 Å². The Hall–Kier alpha value is -1.85. The smallest absolute Gasteiger partial charge is 0.331 e. The summed E-state index contributed by atoms with van der Waals surface area (Å²) in [5.41, 5.74) is 0. The highest BCUT2D eigenvalue weighted by atomic mass is 16.5. The Labute approximate surface area is 93.2 Å². The van der Waals surface area contributed by atoms with Crippen molar-refractivity contribution in [1.82, 2.24) is 10.2 Å². The first-order chi connectivity index (χ1) is 7.56. The van der Waals surface area contributed by atoms with Crippen LogP contribution in [0.3, 0.4) is 0 Å². The topological polar surface area (TPSA) is 75.7 Å². The zero-order valence-corrected chi connectivity index (χ0v) is 9.23. The van der Waals surface area contributed by atoms with E-state index < -0.39 is 12.0 Å². The number of ether oxygens (including phenoxy) is 1. The van der Waals surface area contributed by atoms with Crippen molar-refractivity contribution in [1.29, 1.82) is 0 Å². The van der Waals surface area contributed by atoms with Gasteiger partial charge in [-0.05, 0) is 6.42 Å². The van der Waals surface area contributed by atoms with Gasteiger partial charge in [0.05, 0.1) is 7.11 Å². The Morgan fingerprint density at radius 2 is 2.25 bits per heavy atom. The van der Waals surface area contributed by atoms with Crippen molar-refractivity contribution in [2.24, 2.45) is 0 Å². The molecule has 1 fully saturated rings. The molecule has 1 aliphatic rings. The maximum atomic E-state index is 11.6. The molecule has 1 saturated heterocycles. The number of methoxy groups -OCH3 is 1. The summed E-state index contributed by atoms with van der Waals surface area (Å²) in [4.78, 5) is 34.6. The molecule has 6 heteroatoms. The molecule has 0 aliphatic carbocycles. The lowest BCUT2D eigenvalue weighted by Gasteiger charge is -2.27. The summed E-state index contributed by atoms with van der Waals surface area (Å²) in [7, 11) is 2.72. The van der Waals surface area contributed by atoms with Crippen LogP contribution < -0.4 is 5.32 Å². The minimum Gasteiger partial charge on any atom is -0.466 e. The van der Waals surface area contributed by atoms with E-state index in [0.29, 0.717) is 12.8 Å². The van der Waals surface area contributed by atoms with E-state index >= 15 is 0 Å². The van der Waals surface area contributed by atoms with E-state index in [0.717, 1.165) is 4.90 Å². The third-order valence-corrected chi connectivity index (χ3v) is 2.37. The average molecular weight is 226 g/mol. The number of piperidine rings is 1. The van der Waals surface area contributed by atoms with Crippen molar-refractivity contribution in [2.45, 2.75) is 18.9 Å². The predicted molar refractivity (Wildman–Crippen MR) is 55.1 cm³/mol. The highest BCUT2D eigenvalue weighted by Crippen LogP contribution is 2.11. The van der Waals surface area contributed by atoms with E-state index in [2.05, 4.69) is 10.1 Å². The summed E-state index contributed by atoms with van der Waals surface area (Å²) in [6, 6.07) is -0.455. The number of nitrogens with one attached hydrogen (secondary N) is 1. The zero-order valence-electron chi connectivity index (χ0n) is 9.23. The van der Waals surface area contributed by atoms with Gasteiger partial charge in [-0.3, -0.25) is 14.5 Å². The number of carbonyl (C=O) groups excluding carboxylic acids is 3. The number of hydrogen-bond acceptors (Lipinski definition) is 5. The number of likely N-dealkylation sites (tertiary alicyclic amines) is 1. The molecule has 16 heavy (non-hydrogen) atoms. The second kappa shape index (κ2) is 5.29. The lowest BCUT2D eigenvalue weighted by Crippen LogP contribution is -2.50. The first-order valence-corrected chi connectivity index (χ1v) is 4.87. The van der Waals surface area contributed by atoms with Crippen LogP contribution in [0.25, 0.3) is 0 Å². The molecule has 0 aromatic heterocycles. The molecule has 6 nitrogen and oxygen atoms in total. The average Bonchev–Trinajstić information content (AvgIpc) is 2.29. The molecule has 0 aromatic carbocycles. The van der Waals surface area contributed by atoms with Crippen molar-refractivity contribution in [3.63, 3.8) is 0 Å². The first kappa shape index (κ1) is 12.2. The molecule has 2 amide bonds. The Kier molecular flexibility index (Phi) is 4.04. The predicted octanol–water partition coefficient (Wildman–Crippen LogP) is -0.590. The molecule has 1 rings (SSSR count). The summed E-state index contributed by atoms with van der Waals surface area (Å²) < 4.78 is 4.39. The summed E-state index contributed by atoms with van der Waals surface area (Å²) in [6.45, 7) is 0. The molecule has 0 saturated carbocycles. The van der Waals surface area contributed by atoms with Gasteiger partial charge in [0.2, 0.25) is 5.91 Å². The molecule has 0 aromatic rings. The SMILES string of the molecule is COC(=O)/C=C/NC1CCC(=O)N(C)C1=O. The van der Waals surface area contributed by atoms with Gasteiger partial charge in [-0.25, -0.2) is 4.79 Å². The fourth-order valence-electron chi connectivity index (χ4n) is 1.37. The highest BCUT2D eigenvalue weighted by molar-refractivity contribution is 6.00. The van der Waals surface area contributed by atoms with Crippen LogP contribution in [0.1, 0.15) is 12.8 Å². The number of likely N-dealkylation sites (N-methyl/N-ethyl adjacent to an activating group) is 1. The third kappa shape index (κ3) is 2.82. The molecule has 1 aliphatic heterocycles. The van der Waals surface area contributed by atoms with Crippen LogP contribution in [0.2, 0.25) is 0 Å². The van der Waals surface area contributed by atoms with E-state index in [-0.39, 0.29) is 11.8 Å². The molecule has 1 heterocycles. The van der Waals surface area contributed by atoms with Gasteiger partial charge in [0.1, 0.15) is 6.04 Å². The lowest BCUT2D eigenvalue weighted by atomic mass is 10.1. The van der Waals surface area contributed by atoms with Crippen LogP contribution in [0.4, 0.5) is 0 Å². The van der Waals surface area contributed by atoms with Gasteiger partial charge in [-0.1, -0.05) is 0 Å². The number of carbonyl (C=O) groups is 3. The van der Waals surface area contributed by atoms with E-state index in [1.54, 1.807) is 0 Å². The van der Waals surface area contributed by atoms with Crippen molar-refractivity contribution in [2.75, 3.05) is 14.2 Å². The van der Waals surface area contributed by atoms with Gasteiger partial charge in [-0.2, -0.15) is 0 Å². The van der Waals surface area contributed by atoms with E-state index in [1.165, 1.54) is 26.4 Å². The number of rotatable bonds is 3. The molecule has 1 atom stereocenters. The molecule has 88 valence electrons. The van der Waals surface area contributed by atoms with E-state index in [9.17, 15) is 14.4 Å². The van der Waals surface area contributed by atoms with Gasteiger partial charge in [0.15, 0.2) is 0 Å². The van der Waals surface area contributed by atoms with E-state index in [4.69, 9.17) is 0 Å². The molecular formula is C10H14N2O4. The van der Waals surface area contributed by atoms with Crippen molar-refractivity contribution < 1.29 is 19.1 Å². The maximum Gasteiger partial charge on any atom is 0.331 e. The summed E-state index contributed by atoms with van der Waals surface area (Å²) in [5, 5.41) is 2.76. The first-order valence-electron chi connectivity index (χ1n) is 4.87. The molecule has 0 bridgehead atoms. The van der Waals surface area contributed by atoms with Gasteiger partial charge >= 0.3 is 5.97 Å². The number of esters is 1. The summed E-state index contributed by atoms with van der Waals surface area (Å²) in [5.74, 6) is -0.967. The summed E-state index contributed by atoms with van der Waals surface area (Å²) >= 11 is 0. The van der Waals surface area contributed by atoms with Gasteiger partial charge < -0.3 is 10.1 Å². The fourth-order valence-corrected chi connectivity index (χ4v) is 1.37. The number of nitrogens with zero attached hydrogens (tertiary/aromatic N) is 1. The molecule has 0 spiro atoms. The monoisotopic (exact) mass is 226 g/mol. The van der Waals surface area contributed by atoms with Crippen LogP contribution in [0.5, 0.6) is 0 Å². The van der Waals surface area contributed by atoms with Crippen molar-refractivity contribution in [3.8, 4) is 0 Å². The molecular weight excluding hydrogens is 212 g/mol. The second-order valence-electron chi connectivity index (χ2n) is 3.41. The summed E-state index contributed by atoms with van der Waals surface area (Å²) in [6.07, 6.45) is 3.31. The number of hydrogen-bond donors (Lipinski definition) is 1. The van der Waals surface area contributed by atoms with E-state index in [1.807, 2.05) is 0 Å². The zero-order chi connectivity index (χ0) is 12.1.